The van der Waals surface area contributed by atoms with Crippen molar-refractivity contribution in [2.24, 2.45) is 5.92 Å². The number of hydrogen-bond acceptors (Lipinski definition) is 6. The van der Waals surface area contributed by atoms with Crippen molar-refractivity contribution < 1.29 is 18.7 Å². The Morgan fingerprint density at radius 2 is 2.10 bits per heavy atom. The van der Waals surface area contributed by atoms with E-state index in [-0.39, 0.29) is 17.6 Å². The summed E-state index contributed by atoms with van der Waals surface area (Å²) in [7, 11) is 1.42. The molecule has 0 saturated carbocycles. The first-order valence-electron chi connectivity index (χ1n) is 13.6. The first-order valence-corrected chi connectivity index (χ1v) is 13.6. The van der Waals surface area contributed by atoms with Crippen LogP contribution in [0.2, 0.25) is 0 Å². The Bertz CT molecular complexity index is 1290. The number of hydrogen-bond donors (Lipinski definition) is 4. The normalized spacial score (nSPS) is 18.2. The fourth-order valence-corrected chi connectivity index (χ4v) is 5.12. The quantitative estimate of drug-likeness (QED) is 0.259. The van der Waals surface area contributed by atoms with Gasteiger partial charge in [0.25, 0.3) is 5.91 Å². The van der Waals surface area contributed by atoms with Crippen LogP contribution in [0.1, 0.15) is 55.1 Å². The number of anilines is 2. The number of ether oxygens (including phenoxy) is 2. The number of amides is 1. The van der Waals surface area contributed by atoms with Crippen molar-refractivity contribution in [3.63, 3.8) is 0 Å². The van der Waals surface area contributed by atoms with E-state index in [1.807, 2.05) is 26.0 Å². The zero-order chi connectivity index (χ0) is 27.8. The molecule has 4 N–H and O–H groups in total. The molecule has 3 aromatic rings. The highest BCUT2D eigenvalue weighted by molar-refractivity contribution is 6.07. The van der Waals surface area contributed by atoms with E-state index < -0.39 is 5.82 Å². The van der Waals surface area contributed by atoms with Crippen LogP contribution in [0.15, 0.2) is 49.3 Å². The highest BCUT2D eigenvalue weighted by atomic mass is 19.1. The minimum atomic E-state index is -0.499. The zero-order valence-corrected chi connectivity index (χ0v) is 22.9. The van der Waals surface area contributed by atoms with Gasteiger partial charge in [0.05, 0.1) is 42.5 Å². The van der Waals surface area contributed by atoms with Crippen molar-refractivity contribution in [3.05, 3.63) is 66.4 Å². The van der Waals surface area contributed by atoms with E-state index in [1.165, 1.54) is 13.2 Å². The van der Waals surface area contributed by atoms with E-state index in [0.717, 1.165) is 37.2 Å². The molecule has 1 amide bonds. The molecule has 2 aliphatic rings. The number of methoxy groups -OCH3 is 1. The van der Waals surface area contributed by atoms with Gasteiger partial charge >= 0.3 is 0 Å². The summed E-state index contributed by atoms with van der Waals surface area (Å²) in [6.45, 7) is 10.9. The van der Waals surface area contributed by atoms with Crippen molar-refractivity contribution in [2.45, 2.75) is 39.0 Å². The number of nitrogens with zero attached hydrogens (tertiary/aromatic N) is 1. The Labute approximate surface area is 229 Å². The number of nitrogens with one attached hydrogen (secondary N) is 4. The maximum absolute atomic E-state index is 14.5. The lowest BCUT2D eigenvalue weighted by atomic mass is 9.93. The lowest BCUT2D eigenvalue weighted by Crippen LogP contribution is -2.34. The third-order valence-electron chi connectivity index (χ3n) is 6.98. The smallest absolute Gasteiger partial charge is 0.255 e. The Kier molecular flexibility index (Phi) is 9.59. The summed E-state index contributed by atoms with van der Waals surface area (Å²) < 4.78 is 26.1. The van der Waals surface area contributed by atoms with Crippen LogP contribution in [-0.4, -0.2) is 49.2 Å². The number of aromatic nitrogens is 2. The van der Waals surface area contributed by atoms with Crippen molar-refractivity contribution in [3.8, 4) is 22.8 Å². The second kappa shape index (κ2) is 13.3. The van der Waals surface area contributed by atoms with Crippen LogP contribution in [0.5, 0.6) is 11.5 Å². The number of halogens is 1. The van der Waals surface area contributed by atoms with Gasteiger partial charge in [-0.05, 0) is 44.0 Å². The molecule has 0 aliphatic carbocycles. The van der Waals surface area contributed by atoms with Gasteiger partial charge in [0, 0.05) is 42.4 Å². The summed E-state index contributed by atoms with van der Waals surface area (Å²) in [6, 6.07) is 6.51. The van der Waals surface area contributed by atoms with Crippen LogP contribution in [0.3, 0.4) is 0 Å². The second-order valence-corrected chi connectivity index (χ2v) is 9.44. The summed E-state index contributed by atoms with van der Waals surface area (Å²) in [5.74, 6) is 0.408. The molecule has 208 valence electrons. The average molecular weight is 536 g/mol. The van der Waals surface area contributed by atoms with Gasteiger partial charge in [-0.1, -0.05) is 26.0 Å². The molecular formula is C30H38FN5O3. The van der Waals surface area contributed by atoms with Gasteiger partial charge in [-0.15, -0.1) is 6.58 Å². The highest BCUT2D eigenvalue weighted by Gasteiger charge is 2.33. The molecule has 2 unspecified atom stereocenters. The minimum absolute atomic E-state index is 0.0217. The Balaban J connectivity index is 0.00000172. The van der Waals surface area contributed by atoms with Gasteiger partial charge in [0.1, 0.15) is 5.75 Å². The maximum Gasteiger partial charge on any atom is 0.255 e. The number of carbonyl (C=O) groups excluding carboxylic acids is 1. The number of carbonyl (C=O) groups is 1. The van der Waals surface area contributed by atoms with Gasteiger partial charge in [0.15, 0.2) is 11.6 Å². The van der Waals surface area contributed by atoms with Crippen LogP contribution in [-0.2, 0) is 0 Å². The van der Waals surface area contributed by atoms with Crippen LogP contribution in [0, 0.1) is 11.7 Å². The molecule has 0 spiro atoms. The Morgan fingerprint density at radius 1 is 1.26 bits per heavy atom. The monoisotopic (exact) mass is 535 g/mol. The first-order chi connectivity index (χ1) is 19.1. The van der Waals surface area contributed by atoms with Crippen LogP contribution in [0.4, 0.5) is 15.8 Å². The summed E-state index contributed by atoms with van der Waals surface area (Å²) >= 11 is 0. The molecule has 2 aromatic heterocycles. The van der Waals surface area contributed by atoms with Crippen molar-refractivity contribution >= 4 is 17.3 Å². The predicted octanol–water partition coefficient (Wildman–Crippen LogP) is 5.78. The van der Waals surface area contributed by atoms with Gasteiger partial charge < -0.3 is 30.4 Å². The maximum atomic E-state index is 14.5. The standard InChI is InChI=1S/C28H32FN5O3.C2H6/c1-3-6-18-14-32-28(35)23-24(18)34-25(26(23)33-21-9-4-8-20(29)27(21)36-2)19-10-12-31-15-22(19)37-16-17-7-5-11-30-13-17;1-2/h3-4,8-10,12,15,17-18,30,33-34H,1,5-7,11,13-14,16H2,2H3,(H,32,35);1-2H3. The van der Waals surface area contributed by atoms with Crippen LogP contribution in [0.25, 0.3) is 11.3 Å². The number of benzene rings is 1. The molecule has 1 aromatic carbocycles. The van der Waals surface area contributed by atoms with Crippen LogP contribution >= 0.6 is 0 Å². The molecule has 4 heterocycles. The fourth-order valence-electron chi connectivity index (χ4n) is 5.12. The number of allylic oxidation sites excluding steroid dienone is 1. The van der Waals surface area contributed by atoms with E-state index in [9.17, 15) is 9.18 Å². The average Bonchev–Trinajstić information content (AvgIpc) is 3.35. The SMILES string of the molecule is C=CCC1CNC(=O)c2c1[nH]c(-c1ccncc1OCC1CCCNC1)c2Nc1cccc(F)c1OC.CC. The van der Waals surface area contributed by atoms with Gasteiger partial charge in [-0.2, -0.15) is 0 Å². The summed E-state index contributed by atoms with van der Waals surface area (Å²) in [6.07, 6.45) is 8.14. The lowest BCUT2D eigenvalue weighted by molar-refractivity contribution is 0.0941. The van der Waals surface area contributed by atoms with E-state index >= 15 is 0 Å². The molecule has 1 saturated heterocycles. The number of para-hydroxylation sites is 1. The molecular weight excluding hydrogens is 497 g/mol. The second-order valence-electron chi connectivity index (χ2n) is 9.44. The van der Waals surface area contributed by atoms with Crippen molar-refractivity contribution in [1.82, 2.24) is 20.6 Å². The van der Waals surface area contributed by atoms with E-state index in [1.54, 1.807) is 24.5 Å². The molecule has 1 fully saturated rings. The number of rotatable bonds is 9. The fraction of sp³-hybridized carbons (Fsp3) is 0.400. The van der Waals surface area contributed by atoms with Gasteiger partial charge in [-0.3, -0.25) is 9.78 Å². The van der Waals surface area contributed by atoms with Crippen LogP contribution < -0.4 is 25.4 Å². The molecule has 39 heavy (non-hydrogen) atoms. The van der Waals surface area contributed by atoms with Crippen molar-refractivity contribution in [2.75, 3.05) is 38.7 Å². The summed E-state index contributed by atoms with van der Waals surface area (Å²) in [5.41, 5.74) is 3.65. The van der Waals surface area contributed by atoms with Crippen molar-refractivity contribution in [1.29, 1.82) is 0 Å². The van der Waals surface area contributed by atoms with Gasteiger partial charge in [-0.25, -0.2) is 4.39 Å². The summed E-state index contributed by atoms with van der Waals surface area (Å²) in [4.78, 5) is 21.0. The topological polar surface area (TPSA) is 100 Å². The largest absolute Gasteiger partial charge is 0.492 e. The molecule has 2 atom stereocenters. The Morgan fingerprint density at radius 3 is 2.85 bits per heavy atom. The number of pyridine rings is 1. The first kappa shape index (κ1) is 28.2. The van der Waals surface area contributed by atoms with E-state index in [4.69, 9.17) is 9.47 Å². The molecule has 2 aliphatic heterocycles. The van der Waals surface area contributed by atoms with E-state index in [0.29, 0.717) is 53.9 Å². The molecule has 0 radical (unpaired) electrons. The minimum Gasteiger partial charge on any atom is -0.492 e. The lowest BCUT2D eigenvalue weighted by Gasteiger charge is -2.23. The number of H-pyrrole nitrogens is 1. The third-order valence-corrected chi connectivity index (χ3v) is 6.98. The summed E-state index contributed by atoms with van der Waals surface area (Å²) in [5, 5.41) is 9.70. The molecule has 9 heteroatoms. The molecule has 0 bridgehead atoms. The Hall–Kier alpha value is -3.85. The zero-order valence-electron chi connectivity index (χ0n) is 22.9. The number of piperidine rings is 1. The highest BCUT2D eigenvalue weighted by Crippen LogP contribution is 2.44. The number of fused-ring (bicyclic) bond motifs is 1. The molecule has 5 rings (SSSR count). The predicted molar refractivity (Wildman–Crippen MR) is 153 cm³/mol. The molecule has 8 nitrogen and oxygen atoms in total. The third kappa shape index (κ3) is 6.09. The van der Waals surface area contributed by atoms with E-state index in [2.05, 4.69) is 32.5 Å². The number of aromatic amines is 1. The van der Waals surface area contributed by atoms with Gasteiger partial charge in [0.2, 0.25) is 0 Å².